The number of nitrogens with zero attached hydrogens (tertiary/aromatic N) is 2. The quantitative estimate of drug-likeness (QED) is 0.162. The summed E-state index contributed by atoms with van der Waals surface area (Å²) in [5.41, 5.74) is -9.92. The second-order valence-electron chi connectivity index (χ2n) is 5.42. The second-order valence-corrected chi connectivity index (χ2v) is 5.42. The van der Waals surface area contributed by atoms with E-state index in [0.29, 0.717) is 0 Å². The predicted octanol–water partition coefficient (Wildman–Crippen LogP) is 2.59. The number of aromatic nitrogens is 2. The molecule has 3 rings (SSSR count). The van der Waals surface area contributed by atoms with Gasteiger partial charge in [0.2, 0.25) is 11.6 Å². The van der Waals surface area contributed by atoms with Gasteiger partial charge in [-0.15, -0.1) is 0 Å². The van der Waals surface area contributed by atoms with Gasteiger partial charge in [0, 0.05) is 0 Å². The Morgan fingerprint density at radius 2 is 1.27 bits per heavy atom. The number of benzene rings is 2. The van der Waals surface area contributed by atoms with Crippen LogP contribution in [0.3, 0.4) is 0 Å². The number of H-pyrrole nitrogens is 1. The molecule has 0 atom stereocenters. The van der Waals surface area contributed by atoms with E-state index >= 15 is 0 Å². The van der Waals surface area contributed by atoms with Crippen molar-refractivity contribution in [1.82, 2.24) is 9.66 Å². The molecule has 0 aliphatic rings. The minimum absolute atomic E-state index is 0.572. The highest BCUT2D eigenvalue weighted by atomic mass is 19.2. The first-order valence-electron chi connectivity index (χ1n) is 7.18. The van der Waals surface area contributed by atoms with Gasteiger partial charge < -0.3 is 4.98 Å². The number of nitro groups is 1. The zero-order valence-electron chi connectivity index (χ0n) is 13.6. The fraction of sp³-hybridized carbons (Fsp3) is 0. The second kappa shape index (κ2) is 6.82. The molecule has 0 bridgehead atoms. The molecule has 2 aromatic carbocycles. The molecule has 0 radical (unpaired) electrons. The number of fused-ring (bicyclic) bond motifs is 1. The molecule has 0 fully saturated rings. The van der Waals surface area contributed by atoms with E-state index in [2.05, 4.69) is 0 Å². The van der Waals surface area contributed by atoms with Gasteiger partial charge in [-0.3, -0.25) is 25.1 Å². The SMILES string of the molecule is O=c1[nH]c2c(F)c(F)c(F)c(F)c2n(Nc2c(F)c(F)c(F)c(F)c2[N+](=O)[O-])c1=O. The van der Waals surface area contributed by atoms with Gasteiger partial charge in [-0.25, -0.2) is 35.4 Å². The van der Waals surface area contributed by atoms with Crippen LogP contribution in [0.5, 0.6) is 0 Å². The van der Waals surface area contributed by atoms with Gasteiger partial charge in [0.05, 0.1) is 4.92 Å². The maximum Gasteiger partial charge on any atom is 0.335 e. The van der Waals surface area contributed by atoms with Crippen LogP contribution in [-0.2, 0) is 0 Å². The van der Waals surface area contributed by atoms with Crippen LogP contribution in [0.15, 0.2) is 9.59 Å². The molecule has 30 heavy (non-hydrogen) atoms. The van der Waals surface area contributed by atoms with Crippen LogP contribution in [0, 0.1) is 56.7 Å². The van der Waals surface area contributed by atoms with E-state index in [-0.39, 0.29) is 0 Å². The van der Waals surface area contributed by atoms with Crippen LogP contribution in [0.25, 0.3) is 11.0 Å². The van der Waals surface area contributed by atoms with Gasteiger partial charge in [0.15, 0.2) is 40.6 Å². The number of nitrogens with one attached hydrogen (secondary N) is 2. The molecular formula is C14H2F8N4O4. The summed E-state index contributed by atoms with van der Waals surface area (Å²) >= 11 is 0. The van der Waals surface area contributed by atoms with Crippen LogP contribution in [-0.4, -0.2) is 14.6 Å². The number of aromatic amines is 1. The summed E-state index contributed by atoms with van der Waals surface area (Å²) in [7, 11) is 0. The van der Waals surface area contributed by atoms with E-state index in [1.165, 1.54) is 10.4 Å². The molecule has 1 heterocycles. The molecule has 3 aromatic rings. The van der Waals surface area contributed by atoms with Gasteiger partial charge in [0.1, 0.15) is 11.0 Å². The Balaban J connectivity index is 2.50. The van der Waals surface area contributed by atoms with E-state index in [1.54, 1.807) is 0 Å². The van der Waals surface area contributed by atoms with Crippen LogP contribution in [0.1, 0.15) is 0 Å². The summed E-state index contributed by atoms with van der Waals surface area (Å²) in [6.45, 7) is 0. The zero-order valence-corrected chi connectivity index (χ0v) is 13.6. The predicted molar refractivity (Wildman–Crippen MR) is 80.6 cm³/mol. The summed E-state index contributed by atoms with van der Waals surface area (Å²) in [6, 6.07) is 0. The molecule has 0 saturated carbocycles. The summed E-state index contributed by atoms with van der Waals surface area (Å²) in [5.74, 6) is -19.9. The lowest BCUT2D eigenvalue weighted by atomic mass is 10.2. The van der Waals surface area contributed by atoms with E-state index in [4.69, 9.17) is 0 Å². The van der Waals surface area contributed by atoms with E-state index in [0.717, 1.165) is 0 Å². The normalized spacial score (nSPS) is 11.2. The summed E-state index contributed by atoms with van der Waals surface area (Å²) in [4.78, 5) is 34.1. The molecular weight excluding hydrogens is 440 g/mol. The van der Waals surface area contributed by atoms with Crippen molar-refractivity contribution in [2.75, 3.05) is 5.43 Å². The van der Waals surface area contributed by atoms with Crippen molar-refractivity contribution >= 4 is 22.4 Å². The average molecular weight is 442 g/mol. The van der Waals surface area contributed by atoms with Gasteiger partial charge in [0.25, 0.3) is 0 Å². The van der Waals surface area contributed by atoms with Gasteiger partial charge in [-0.05, 0) is 0 Å². The highest BCUT2D eigenvalue weighted by Gasteiger charge is 2.34. The Morgan fingerprint density at radius 3 is 1.83 bits per heavy atom. The summed E-state index contributed by atoms with van der Waals surface area (Å²) in [5, 5.41) is 11.0. The van der Waals surface area contributed by atoms with Crippen molar-refractivity contribution in [3.63, 3.8) is 0 Å². The summed E-state index contributed by atoms with van der Waals surface area (Å²) < 4.78 is 109. The largest absolute Gasteiger partial charge is 0.335 e. The molecule has 1 aromatic heterocycles. The smallest absolute Gasteiger partial charge is 0.313 e. The van der Waals surface area contributed by atoms with Gasteiger partial charge >= 0.3 is 16.8 Å². The fourth-order valence-corrected chi connectivity index (χ4v) is 2.43. The lowest BCUT2D eigenvalue weighted by Crippen LogP contribution is -2.40. The Bertz CT molecular complexity index is 1380. The third kappa shape index (κ3) is 2.75. The molecule has 0 aliphatic carbocycles. The number of anilines is 1. The average Bonchev–Trinajstić information content (AvgIpc) is 2.69. The first kappa shape index (κ1) is 20.7. The lowest BCUT2D eigenvalue weighted by molar-refractivity contribution is -0.387. The Labute approximate surface area is 156 Å². The molecule has 2 N–H and O–H groups in total. The van der Waals surface area contributed by atoms with Crippen LogP contribution < -0.4 is 16.5 Å². The molecule has 16 heteroatoms. The van der Waals surface area contributed by atoms with Gasteiger partial charge in [-0.1, -0.05) is 0 Å². The third-order valence-corrected chi connectivity index (χ3v) is 3.75. The number of hydrogen-bond donors (Lipinski definition) is 2. The van der Waals surface area contributed by atoms with Crippen molar-refractivity contribution < 1.29 is 40.0 Å². The first-order chi connectivity index (χ1) is 13.9. The highest BCUT2D eigenvalue weighted by Crippen LogP contribution is 2.35. The molecule has 0 unspecified atom stereocenters. The molecule has 0 aliphatic heterocycles. The molecule has 0 saturated heterocycles. The first-order valence-corrected chi connectivity index (χ1v) is 7.18. The fourth-order valence-electron chi connectivity index (χ4n) is 2.43. The number of nitro benzene ring substituents is 1. The summed E-state index contributed by atoms with van der Waals surface area (Å²) in [6.07, 6.45) is 0. The van der Waals surface area contributed by atoms with Crippen molar-refractivity contribution in [1.29, 1.82) is 0 Å². The van der Waals surface area contributed by atoms with Crippen molar-refractivity contribution in [2.45, 2.75) is 0 Å². The number of rotatable bonds is 3. The van der Waals surface area contributed by atoms with Crippen molar-refractivity contribution in [3.05, 3.63) is 77.4 Å². The molecule has 158 valence electrons. The van der Waals surface area contributed by atoms with E-state index in [1.807, 2.05) is 0 Å². The van der Waals surface area contributed by atoms with E-state index < -0.39 is 89.7 Å². The Kier molecular flexibility index (Phi) is 4.71. The maximum absolute atomic E-state index is 14.2. The van der Waals surface area contributed by atoms with Crippen LogP contribution >= 0.6 is 0 Å². The van der Waals surface area contributed by atoms with Crippen LogP contribution in [0.4, 0.5) is 46.5 Å². The van der Waals surface area contributed by atoms with Crippen LogP contribution in [0.2, 0.25) is 0 Å². The minimum Gasteiger partial charge on any atom is -0.313 e. The lowest BCUT2D eigenvalue weighted by Gasteiger charge is -2.15. The maximum atomic E-state index is 14.2. The monoisotopic (exact) mass is 442 g/mol. The molecule has 0 amide bonds. The zero-order chi connectivity index (χ0) is 22.7. The third-order valence-electron chi connectivity index (χ3n) is 3.75. The molecule has 8 nitrogen and oxygen atoms in total. The highest BCUT2D eigenvalue weighted by molar-refractivity contribution is 5.77. The Morgan fingerprint density at radius 1 is 0.767 bits per heavy atom. The van der Waals surface area contributed by atoms with Crippen molar-refractivity contribution in [3.8, 4) is 0 Å². The molecule has 0 spiro atoms. The van der Waals surface area contributed by atoms with Crippen molar-refractivity contribution in [2.24, 2.45) is 0 Å². The van der Waals surface area contributed by atoms with Gasteiger partial charge in [-0.2, -0.15) is 4.39 Å². The number of hydrogen-bond acceptors (Lipinski definition) is 5. The Hall–Kier alpha value is -3.98. The van der Waals surface area contributed by atoms with E-state index in [9.17, 15) is 54.8 Å². The minimum atomic E-state index is -2.63. The topological polar surface area (TPSA) is 110 Å². The number of halogens is 8. The standard InChI is InChI=1S/C14H2F8N4O4/c15-1-3(17)7(21)11-9(5(1)19)23-13(27)14(28)25(11)24-10-6(20)2(16)4(18)8(22)12(10)26(29)30/h24H,(H,23,27).